The van der Waals surface area contributed by atoms with Gasteiger partial charge in [-0.25, -0.2) is 0 Å². The molecule has 0 saturated heterocycles. The second kappa shape index (κ2) is 8.97. The molecule has 1 amide bonds. The van der Waals surface area contributed by atoms with Crippen molar-refractivity contribution < 1.29 is 14.3 Å². The molecule has 0 aliphatic carbocycles. The number of amides is 1. The van der Waals surface area contributed by atoms with Crippen molar-refractivity contribution in [1.29, 1.82) is 5.26 Å². The molecule has 0 fully saturated rings. The lowest BCUT2D eigenvalue weighted by Crippen LogP contribution is -2.34. The summed E-state index contributed by atoms with van der Waals surface area (Å²) in [5, 5.41) is 9.99. The third kappa shape index (κ3) is 4.13. The Morgan fingerprint density at radius 1 is 1.16 bits per heavy atom. The zero-order chi connectivity index (χ0) is 21.8. The number of rotatable bonds is 6. The Kier molecular flexibility index (Phi) is 5.94. The summed E-state index contributed by atoms with van der Waals surface area (Å²) < 4.78 is 12.9. The van der Waals surface area contributed by atoms with Crippen molar-refractivity contribution >= 4 is 22.9 Å². The Balaban J connectivity index is 1.54. The highest BCUT2D eigenvalue weighted by Gasteiger charge is 2.21. The molecule has 4 rings (SSSR count). The van der Waals surface area contributed by atoms with Gasteiger partial charge in [-0.1, -0.05) is 18.2 Å². The lowest BCUT2D eigenvalue weighted by atomic mass is 9.98. The van der Waals surface area contributed by atoms with Gasteiger partial charge in [0.25, 0.3) is 0 Å². The molecule has 158 valence electrons. The molecule has 0 radical (unpaired) electrons. The van der Waals surface area contributed by atoms with Crippen LogP contribution in [0.3, 0.4) is 0 Å². The molecule has 2 heterocycles. The van der Waals surface area contributed by atoms with Crippen LogP contribution in [-0.4, -0.2) is 36.1 Å². The van der Waals surface area contributed by atoms with Crippen LogP contribution in [0.1, 0.15) is 23.1 Å². The minimum atomic E-state index is -0.0192. The highest BCUT2D eigenvalue weighted by atomic mass is 16.5. The van der Waals surface area contributed by atoms with Crippen molar-refractivity contribution in [3.8, 4) is 17.6 Å². The van der Waals surface area contributed by atoms with Crippen molar-refractivity contribution in [3.05, 3.63) is 65.4 Å². The van der Waals surface area contributed by atoms with Crippen LogP contribution in [-0.2, 0) is 24.3 Å². The lowest BCUT2D eigenvalue weighted by molar-refractivity contribution is -0.126. The molecule has 6 nitrogen and oxygen atoms in total. The SMILES string of the molecule is COc1cc2c(cc1OC)CN(C(=O)/C=C/c1cn(CCC#N)c3ccccc13)CC2. The third-order valence-electron chi connectivity index (χ3n) is 5.72. The number of carbonyl (C=O) groups excluding carboxylic acids is 1. The number of ether oxygens (including phenoxy) is 2. The van der Waals surface area contributed by atoms with Crippen LogP contribution in [0.4, 0.5) is 0 Å². The fraction of sp³-hybridized carbons (Fsp3) is 0.280. The van der Waals surface area contributed by atoms with E-state index in [0.29, 0.717) is 37.6 Å². The maximum Gasteiger partial charge on any atom is 0.246 e. The standard InChI is InChI=1S/C25H25N3O3/c1-30-23-14-18-10-13-28(17-20(18)15-24(23)31-2)25(29)9-8-19-16-27(12-5-11-26)22-7-4-3-6-21(19)22/h3-4,6-9,14-16H,5,10,12-13,17H2,1-2H3/b9-8+. The number of fused-ring (bicyclic) bond motifs is 2. The quantitative estimate of drug-likeness (QED) is 0.567. The zero-order valence-electron chi connectivity index (χ0n) is 17.8. The minimum Gasteiger partial charge on any atom is -0.493 e. The van der Waals surface area contributed by atoms with Gasteiger partial charge in [-0.05, 0) is 41.8 Å². The number of para-hydroxylation sites is 1. The van der Waals surface area contributed by atoms with Crippen molar-refractivity contribution in [2.75, 3.05) is 20.8 Å². The first-order chi connectivity index (χ1) is 15.1. The van der Waals surface area contributed by atoms with E-state index in [4.69, 9.17) is 14.7 Å². The van der Waals surface area contributed by atoms with E-state index in [0.717, 1.165) is 28.5 Å². The number of nitrogens with zero attached hydrogens (tertiary/aromatic N) is 3. The summed E-state index contributed by atoms with van der Waals surface area (Å²) in [7, 11) is 3.25. The van der Waals surface area contributed by atoms with Crippen molar-refractivity contribution in [2.24, 2.45) is 0 Å². The molecule has 0 saturated carbocycles. The molecular weight excluding hydrogens is 390 g/mol. The van der Waals surface area contributed by atoms with Crippen LogP contribution >= 0.6 is 0 Å². The Bertz CT molecular complexity index is 1190. The maximum absolute atomic E-state index is 12.9. The van der Waals surface area contributed by atoms with Crippen LogP contribution in [0.15, 0.2) is 48.7 Å². The van der Waals surface area contributed by atoms with Gasteiger partial charge in [0, 0.05) is 48.4 Å². The topological polar surface area (TPSA) is 67.5 Å². The van der Waals surface area contributed by atoms with Crippen molar-refractivity contribution in [2.45, 2.75) is 25.9 Å². The molecule has 1 aromatic heterocycles. The monoisotopic (exact) mass is 415 g/mol. The second-order valence-corrected chi connectivity index (χ2v) is 7.52. The molecule has 0 spiro atoms. The van der Waals surface area contributed by atoms with Crippen LogP contribution in [0.25, 0.3) is 17.0 Å². The minimum absolute atomic E-state index is 0.0192. The molecule has 0 atom stereocenters. The van der Waals surface area contributed by atoms with Crippen LogP contribution in [0.2, 0.25) is 0 Å². The molecule has 3 aromatic rings. The van der Waals surface area contributed by atoms with Gasteiger partial charge < -0.3 is 18.9 Å². The Labute approximate surface area is 181 Å². The van der Waals surface area contributed by atoms with Crippen molar-refractivity contribution in [1.82, 2.24) is 9.47 Å². The summed E-state index contributed by atoms with van der Waals surface area (Å²) in [5.41, 5.74) is 4.31. The summed E-state index contributed by atoms with van der Waals surface area (Å²) in [4.78, 5) is 14.8. The lowest BCUT2D eigenvalue weighted by Gasteiger charge is -2.28. The van der Waals surface area contributed by atoms with E-state index in [1.807, 2.05) is 53.6 Å². The van der Waals surface area contributed by atoms with Crippen LogP contribution in [0, 0.1) is 11.3 Å². The average Bonchev–Trinajstić information content (AvgIpc) is 3.17. The number of nitriles is 1. The predicted octanol–water partition coefficient (Wildman–Crippen LogP) is 4.17. The van der Waals surface area contributed by atoms with Gasteiger partial charge in [0.1, 0.15) is 0 Å². The van der Waals surface area contributed by atoms with E-state index in [1.54, 1.807) is 20.3 Å². The summed E-state index contributed by atoms with van der Waals surface area (Å²) in [6.45, 7) is 1.84. The normalized spacial score (nSPS) is 13.3. The second-order valence-electron chi connectivity index (χ2n) is 7.52. The van der Waals surface area contributed by atoms with Gasteiger partial charge in [0.2, 0.25) is 5.91 Å². The Morgan fingerprint density at radius 3 is 2.65 bits per heavy atom. The number of aryl methyl sites for hydroxylation is 1. The molecule has 0 unspecified atom stereocenters. The smallest absolute Gasteiger partial charge is 0.246 e. The van der Waals surface area contributed by atoms with Gasteiger partial charge in [-0.15, -0.1) is 0 Å². The molecule has 1 aliphatic heterocycles. The molecule has 0 bridgehead atoms. The van der Waals surface area contributed by atoms with E-state index in [9.17, 15) is 4.79 Å². The molecule has 1 aliphatic rings. The number of hydrogen-bond acceptors (Lipinski definition) is 4. The van der Waals surface area contributed by atoms with Gasteiger partial charge in [-0.2, -0.15) is 5.26 Å². The number of hydrogen-bond donors (Lipinski definition) is 0. The fourth-order valence-corrected chi connectivity index (χ4v) is 4.10. The molecule has 31 heavy (non-hydrogen) atoms. The van der Waals surface area contributed by atoms with Crippen molar-refractivity contribution in [3.63, 3.8) is 0 Å². The van der Waals surface area contributed by atoms with Crippen LogP contribution < -0.4 is 9.47 Å². The molecule has 2 aromatic carbocycles. The molecule has 0 N–H and O–H groups in total. The van der Waals surface area contributed by atoms with E-state index in [2.05, 4.69) is 10.6 Å². The number of benzene rings is 2. The van der Waals surface area contributed by atoms with Gasteiger partial charge in [0.05, 0.1) is 26.7 Å². The first-order valence-corrected chi connectivity index (χ1v) is 10.3. The summed E-state index contributed by atoms with van der Waals surface area (Å²) >= 11 is 0. The third-order valence-corrected chi connectivity index (χ3v) is 5.72. The fourth-order valence-electron chi connectivity index (χ4n) is 4.10. The van der Waals surface area contributed by atoms with Gasteiger partial charge >= 0.3 is 0 Å². The van der Waals surface area contributed by atoms with E-state index in [1.165, 1.54) is 5.56 Å². The predicted molar refractivity (Wildman–Crippen MR) is 120 cm³/mol. The Morgan fingerprint density at radius 2 is 1.90 bits per heavy atom. The molecular formula is C25H25N3O3. The van der Waals surface area contributed by atoms with E-state index in [-0.39, 0.29) is 5.91 Å². The number of aromatic nitrogens is 1. The average molecular weight is 415 g/mol. The molecule has 6 heteroatoms. The van der Waals surface area contributed by atoms with Gasteiger partial charge in [0.15, 0.2) is 11.5 Å². The van der Waals surface area contributed by atoms with E-state index >= 15 is 0 Å². The summed E-state index contributed by atoms with van der Waals surface area (Å²) in [6.07, 6.45) is 6.75. The zero-order valence-corrected chi connectivity index (χ0v) is 17.8. The Hall–Kier alpha value is -3.72. The van der Waals surface area contributed by atoms with Crippen LogP contribution in [0.5, 0.6) is 11.5 Å². The summed E-state index contributed by atoms with van der Waals surface area (Å²) in [6, 6.07) is 14.2. The summed E-state index contributed by atoms with van der Waals surface area (Å²) in [5.74, 6) is 1.37. The first-order valence-electron chi connectivity index (χ1n) is 10.3. The van der Waals surface area contributed by atoms with Gasteiger partial charge in [-0.3, -0.25) is 4.79 Å². The largest absolute Gasteiger partial charge is 0.493 e. The number of methoxy groups -OCH3 is 2. The maximum atomic E-state index is 12.9. The first kappa shape index (κ1) is 20.5. The van der Waals surface area contributed by atoms with E-state index < -0.39 is 0 Å². The highest BCUT2D eigenvalue weighted by Crippen LogP contribution is 2.33. The number of carbonyl (C=O) groups is 1. The highest BCUT2D eigenvalue weighted by molar-refractivity contribution is 5.96.